The van der Waals surface area contributed by atoms with Gasteiger partial charge in [-0.25, -0.2) is 9.97 Å². The maximum Gasteiger partial charge on any atom is 0.243 e. The molecule has 1 saturated heterocycles. The molecule has 7 nitrogen and oxygen atoms in total. The number of carbonyl (C=O) groups excluding carboxylic acids is 1. The van der Waals surface area contributed by atoms with Crippen LogP contribution in [0.1, 0.15) is 12.5 Å². The van der Waals surface area contributed by atoms with E-state index in [-0.39, 0.29) is 11.9 Å². The summed E-state index contributed by atoms with van der Waals surface area (Å²) in [6.45, 7) is 5.00. The minimum absolute atomic E-state index is 0.0389. The fraction of sp³-hybridized carbons (Fsp3) is 0.375. The van der Waals surface area contributed by atoms with Crippen LogP contribution < -0.4 is 10.2 Å². The summed E-state index contributed by atoms with van der Waals surface area (Å²) in [5.74, 6) is 0.775. The minimum Gasteiger partial charge on any atom is -0.354 e. The highest BCUT2D eigenvalue weighted by atomic mass is 32.1. The van der Waals surface area contributed by atoms with Gasteiger partial charge in [0.25, 0.3) is 0 Å². The van der Waals surface area contributed by atoms with Crippen molar-refractivity contribution in [3.05, 3.63) is 35.5 Å². The number of carbonyl (C=O) groups is 1. The Morgan fingerprint density at radius 2 is 2.12 bits per heavy atom. The number of thiazole rings is 1. The zero-order valence-electron chi connectivity index (χ0n) is 13.3. The Labute approximate surface area is 144 Å². The molecule has 1 unspecified atom stereocenters. The van der Waals surface area contributed by atoms with Crippen LogP contribution in [0.2, 0.25) is 0 Å². The predicted molar refractivity (Wildman–Crippen MR) is 92.9 cm³/mol. The third-order valence-corrected chi connectivity index (χ3v) is 4.79. The SMILES string of the molecule is CC(C(=O)Nc1nccs1)N1CCN(c2cc(C#N)ccn2)CC1. The number of nitriles is 1. The van der Waals surface area contributed by atoms with Crippen LogP contribution in [-0.4, -0.2) is 53.0 Å². The van der Waals surface area contributed by atoms with Gasteiger partial charge in [-0.3, -0.25) is 9.69 Å². The van der Waals surface area contributed by atoms with Crippen LogP contribution in [0, 0.1) is 11.3 Å². The zero-order chi connectivity index (χ0) is 16.9. The van der Waals surface area contributed by atoms with Crippen molar-refractivity contribution < 1.29 is 4.79 Å². The Morgan fingerprint density at radius 3 is 2.79 bits per heavy atom. The van der Waals surface area contributed by atoms with Crippen molar-refractivity contribution in [2.45, 2.75) is 13.0 Å². The molecule has 1 atom stereocenters. The Hall–Kier alpha value is -2.50. The lowest BCUT2D eigenvalue weighted by atomic mass is 10.2. The van der Waals surface area contributed by atoms with E-state index in [1.54, 1.807) is 24.5 Å². The molecule has 3 rings (SSSR count). The largest absolute Gasteiger partial charge is 0.354 e. The van der Waals surface area contributed by atoms with Gasteiger partial charge in [0, 0.05) is 44.0 Å². The van der Waals surface area contributed by atoms with E-state index in [1.807, 2.05) is 12.3 Å². The summed E-state index contributed by atoms with van der Waals surface area (Å²) >= 11 is 1.41. The second kappa shape index (κ2) is 7.38. The van der Waals surface area contributed by atoms with Gasteiger partial charge in [0.05, 0.1) is 17.7 Å². The average molecular weight is 342 g/mol. The van der Waals surface area contributed by atoms with Crippen molar-refractivity contribution in [2.24, 2.45) is 0 Å². The molecule has 1 fully saturated rings. The van der Waals surface area contributed by atoms with Gasteiger partial charge in [-0.05, 0) is 19.1 Å². The Balaban J connectivity index is 1.56. The number of hydrogen-bond donors (Lipinski definition) is 1. The van der Waals surface area contributed by atoms with Crippen LogP contribution >= 0.6 is 11.3 Å². The van der Waals surface area contributed by atoms with Gasteiger partial charge in [-0.15, -0.1) is 11.3 Å². The van der Waals surface area contributed by atoms with Crippen LogP contribution in [0.25, 0.3) is 0 Å². The quantitative estimate of drug-likeness (QED) is 0.907. The Morgan fingerprint density at radius 1 is 1.33 bits per heavy atom. The molecule has 1 N–H and O–H groups in total. The van der Waals surface area contributed by atoms with Crippen molar-refractivity contribution in [3.8, 4) is 6.07 Å². The van der Waals surface area contributed by atoms with Gasteiger partial charge in [-0.1, -0.05) is 0 Å². The number of hydrogen-bond acceptors (Lipinski definition) is 7. The van der Waals surface area contributed by atoms with E-state index in [0.29, 0.717) is 10.7 Å². The first kappa shape index (κ1) is 16.4. The summed E-state index contributed by atoms with van der Waals surface area (Å²) in [7, 11) is 0. The van der Waals surface area contributed by atoms with Gasteiger partial charge >= 0.3 is 0 Å². The summed E-state index contributed by atoms with van der Waals surface area (Å²) < 4.78 is 0. The van der Waals surface area contributed by atoms with E-state index in [1.165, 1.54) is 11.3 Å². The molecule has 0 aromatic carbocycles. The first-order valence-corrected chi connectivity index (χ1v) is 8.61. The lowest BCUT2D eigenvalue weighted by molar-refractivity contribution is -0.120. The highest BCUT2D eigenvalue weighted by molar-refractivity contribution is 7.13. The van der Waals surface area contributed by atoms with Gasteiger partial charge in [0.2, 0.25) is 5.91 Å². The molecule has 1 aliphatic rings. The van der Waals surface area contributed by atoms with E-state index in [9.17, 15) is 4.79 Å². The molecule has 1 amide bonds. The van der Waals surface area contributed by atoms with E-state index in [0.717, 1.165) is 32.0 Å². The summed E-state index contributed by atoms with van der Waals surface area (Å²) in [5.41, 5.74) is 0.610. The zero-order valence-corrected chi connectivity index (χ0v) is 14.2. The standard InChI is InChI=1S/C16H18N6OS/c1-12(15(23)20-16-19-4-9-24-16)21-5-7-22(8-6-21)14-10-13(11-17)2-3-18-14/h2-4,9-10,12H,5-8H2,1H3,(H,19,20,23). The van der Waals surface area contributed by atoms with Gasteiger partial charge < -0.3 is 10.2 Å². The van der Waals surface area contributed by atoms with Gasteiger partial charge in [0.15, 0.2) is 5.13 Å². The normalized spacial score (nSPS) is 16.4. The number of rotatable bonds is 4. The van der Waals surface area contributed by atoms with Crippen LogP contribution in [0.4, 0.5) is 10.9 Å². The highest BCUT2D eigenvalue weighted by Crippen LogP contribution is 2.17. The third kappa shape index (κ3) is 3.69. The summed E-state index contributed by atoms with van der Waals surface area (Å²) in [4.78, 5) is 25.0. The number of pyridine rings is 1. The van der Waals surface area contributed by atoms with Crippen molar-refractivity contribution >= 4 is 28.2 Å². The highest BCUT2D eigenvalue weighted by Gasteiger charge is 2.26. The molecule has 0 spiro atoms. The van der Waals surface area contributed by atoms with Crippen molar-refractivity contribution in [2.75, 3.05) is 36.4 Å². The number of anilines is 2. The van der Waals surface area contributed by atoms with Crippen LogP contribution in [0.15, 0.2) is 29.9 Å². The molecule has 0 bridgehead atoms. The number of amides is 1. The fourth-order valence-corrected chi connectivity index (χ4v) is 3.19. The lowest BCUT2D eigenvalue weighted by Gasteiger charge is -2.37. The third-order valence-electron chi connectivity index (χ3n) is 4.10. The molecule has 2 aromatic rings. The summed E-state index contributed by atoms with van der Waals surface area (Å²) in [5, 5.41) is 14.3. The second-order valence-corrected chi connectivity index (χ2v) is 6.43. The van der Waals surface area contributed by atoms with E-state index in [2.05, 4.69) is 31.2 Å². The molecular formula is C16H18N6OS. The molecule has 24 heavy (non-hydrogen) atoms. The molecule has 124 valence electrons. The summed E-state index contributed by atoms with van der Waals surface area (Å²) in [6.07, 6.45) is 3.33. The molecule has 0 aliphatic carbocycles. The number of piperazine rings is 1. The Kier molecular flexibility index (Phi) is 5.03. The molecule has 0 radical (unpaired) electrons. The fourth-order valence-electron chi connectivity index (χ4n) is 2.66. The van der Waals surface area contributed by atoms with E-state index < -0.39 is 0 Å². The topological polar surface area (TPSA) is 85.2 Å². The Bertz CT molecular complexity index is 733. The monoisotopic (exact) mass is 342 g/mol. The molecule has 1 aliphatic heterocycles. The first-order valence-electron chi connectivity index (χ1n) is 7.73. The molecule has 0 saturated carbocycles. The lowest BCUT2D eigenvalue weighted by Crippen LogP contribution is -2.53. The van der Waals surface area contributed by atoms with E-state index >= 15 is 0 Å². The van der Waals surface area contributed by atoms with Crippen LogP contribution in [0.3, 0.4) is 0 Å². The molecular weight excluding hydrogens is 324 g/mol. The molecule has 2 aromatic heterocycles. The first-order chi connectivity index (χ1) is 11.7. The number of nitrogens with zero attached hydrogens (tertiary/aromatic N) is 5. The maximum absolute atomic E-state index is 12.3. The number of aromatic nitrogens is 2. The minimum atomic E-state index is -0.213. The van der Waals surface area contributed by atoms with Crippen molar-refractivity contribution in [3.63, 3.8) is 0 Å². The smallest absolute Gasteiger partial charge is 0.243 e. The molecule has 8 heteroatoms. The second-order valence-electron chi connectivity index (χ2n) is 5.54. The summed E-state index contributed by atoms with van der Waals surface area (Å²) in [6, 6.07) is 5.42. The van der Waals surface area contributed by atoms with Gasteiger partial charge in [-0.2, -0.15) is 5.26 Å². The van der Waals surface area contributed by atoms with Crippen molar-refractivity contribution in [1.82, 2.24) is 14.9 Å². The van der Waals surface area contributed by atoms with Crippen LogP contribution in [0.5, 0.6) is 0 Å². The average Bonchev–Trinajstić information content (AvgIpc) is 3.14. The molecule has 3 heterocycles. The van der Waals surface area contributed by atoms with Crippen molar-refractivity contribution in [1.29, 1.82) is 5.26 Å². The van der Waals surface area contributed by atoms with Gasteiger partial charge in [0.1, 0.15) is 5.82 Å². The van der Waals surface area contributed by atoms with Crippen LogP contribution in [-0.2, 0) is 4.79 Å². The number of nitrogens with one attached hydrogen (secondary N) is 1. The maximum atomic E-state index is 12.3. The predicted octanol–water partition coefficient (Wildman–Crippen LogP) is 1.56. The van der Waals surface area contributed by atoms with E-state index in [4.69, 9.17) is 5.26 Å².